The number of rotatable bonds is 2. The van der Waals surface area contributed by atoms with Gasteiger partial charge in [-0.1, -0.05) is 0 Å². The Morgan fingerprint density at radius 2 is 0.630 bits per heavy atom. The molecule has 280 valence electrons. The van der Waals surface area contributed by atoms with Gasteiger partial charge in [-0.25, -0.2) is 0 Å². The maximum absolute atomic E-state index is 2.66. The first kappa shape index (κ1) is 37.8. The number of hydrogen-bond donors (Lipinski definition) is 0. The summed E-state index contributed by atoms with van der Waals surface area (Å²) in [6.07, 6.45) is 0. The molecule has 0 unspecified atom stereocenters. The summed E-state index contributed by atoms with van der Waals surface area (Å²) in [5, 5.41) is 0. The van der Waals surface area contributed by atoms with Crippen molar-refractivity contribution in [1.82, 2.24) is 0 Å². The molecule has 54 heavy (non-hydrogen) atoms. The van der Waals surface area contributed by atoms with Crippen LogP contribution in [0.25, 0.3) is 0 Å². The maximum atomic E-state index is 2.66. The molecular weight excluding hydrogens is 782 g/mol. The van der Waals surface area contributed by atoms with Gasteiger partial charge in [0.1, 0.15) is 0 Å². The molecule has 3 aliphatic rings. The molecule has 0 aliphatic carbocycles. The fourth-order valence-corrected chi connectivity index (χ4v) is 19.1. The summed E-state index contributed by atoms with van der Waals surface area (Å²) in [7, 11) is 0. The third-order valence-corrected chi connectivity index (χ3v) is 21.4. The van der Waals surface area contributed by atoms with E-state index in [0.29, 0.717) is 0 Å². The molecule has 5 aromatic rings. The summed E-state index contributed by atoms with van der Waals surface area (Å²) < 4.78 is 4.86. The first-order valence-corrected chi connectivity index (χ1v) is 24.4. The van der Waals surface area contributed by atoms with Crippen molar-refractivity contribution in [3.63, 3.8) is 0 Å². The Morgan fingerprint density at radius 1 is 0.352 bits per heavy atom. The van der Waals surface area contributed by atoms with E-state index in [1.807, 2.05) is 11.8 Å². The van der Waals surface area contributed by atoms with Crippen LogP contribution in [0.2, 0.25) is 0 Å². The van der Waals surface area contributed by atoms with E-state index in [1.165, 1.54) is 71.7 Å². The Morgan fingerprint density at radius 3 is 0.926 bits per heavy atom. The van der Waals surface area contributed by atoms with Crippen LogP contribution in [0.1, 0.15) is 132 Å². The zero-order valence-corrected chi connectivity index (χ0v) is 38.7. The van der Waals surface area contributed by atoms with Crippen LogP contribution < -0.4 is 20.3 Å². The van der Waals surface area contributed by atoms with Crippen LogP contribution >= 0.6 is 11.8 Å². The number of nitrogens with zero attached hydrogens (tertiary/aromatic N) is 2. The average Bonchev–Trinajstić information content (AvgIpc) is 3.06. The van der Waals surface area contributed by atoms with Crippen molar-refractivity contribution in [3.8, 4) is 0 Å². The van der Waals surface area contributed by atoms with Crippen molar-refractivity contribution in [1.29, 1.82) is 0 Å². The zero-order chi connectivity index (χ0) is 39.1. The van der Waals surface area contributed by atoms with E-state index < -0.39 is 20.2 Å². The van der Waals surface area contributed by atoms with Crippen LogP contribution in [0.15, 0.2) is 94.7 Å². The molecule has 3 heterocycles. The standard InChI is InChI=1S/C50H59N2S.Sb/c1-46(2,3)33-16-20-38(21-17-33)51-40-24-35(48(7,8)9)25-41(30-40)52(39-22-18-34(19-23-39)47(4,5)6)43-27-37(50(13,14)15)29-45(32-43)53-44-28-36(49(10,11)12)26-42(51)31-44;/h16-29H,1-15H3;. The Labute approximate surface area is 337 Å². The molecule has 0 spiro atoms. The van der Waals surface area contributed by atoms with Crippen molar-refractivity contribution < 1.29 is 0 Å². The second-order valence-electron chi connectivity index (χ2n) is 21.0. The summed E-state index contributed by atoms with van der Waals surface area (Å²) in [4.78, 5) is 8.27. The first-order chi connectivity index (χ1) is 24.9. The molecule has 0 aromatic heterocycles. The van der Waals surface area contributed by atoms with E-state index in [-0.39, 0.29) is 27.1 Å². The van der Waals surface area contributed by atoms with Gasteiger partial charge in [0.25, 0.3) is 0 Å². The van der Waals surface area contributed by atoms with E-state index in [0.717, 1.165) is 0 Å². The average molecular weight is 842 g/mol. The van der Waals surface area contributed by atoms with Crippen LogP contribution in [0.4, 0.5) is 34.1 Å². The van der Waals surface area contributed by atoms with Crippen molar-refractivity contribution in [2.24, 2.45) is 0 Å². The molecule has 0 saturated carbocycles. The van der Waals surface area contributed by atoms with Gasteiger partial charge in [0.15, 0.2) is 0 Å². The van der Waals surface area contributed by atoms with Gasteiger partial charge >= 0.3 is 340 Å². The summed E-state index contributed by atoms with van der Waals surface area (Å²) in [6, 6.07) is 34.4. The third-order valence-electron chi connectivity index (χ3n) is 11.6. The van der Waals surface area contributed by atoms with Crippen LogP contribution in [-0.2, 0) is 27.1 Å². The molecule has 8 rings (SSSR count). The van der Waals surface area contributed by atoms with Gasteiger partial charge in [0.2, 0.25) is 0 Å². The molecule has 2 nitrogen and oxygen atoms in total. The van der Waals surface area contributed by atoms with Crippen molar-refractivity contribution in [2.75, 3.05) is 9.80 Å². The number of benzene rings is 5. The van der Waals surface area contributed by atoms with Crippen molar-refractivity contribution in [2.45, 2.75) is 141 Å². The van der Waals surface area contributed by atoms with Gasteiger partial charge in [-0.2, -0.15) is 0 Å². The van der Waals surface area contributed by atoms with E-state index in [2.05, 4.69) is 199 Å². The molecule has 0 radical (unpaired) electrons. The normalized spacial score (nSPS) is 15.5. The Hall–Kier alpha value is -3.13. The minimum absolute atomic E-state index is 0.0142. The van der Waals surface area contributed by atoms with Gasteiger partial charge in [0, 0.05) is 0 Å². The summed E-state index contributed by atoms with van der Waals surface area (Å²) >= 11 is -0.582. The second-order valence-corrected chi connectivity index (χ2v) is 27.8. The Bertz CT molecular complexity index is 2160. The molecule has 0 fully saturated rings. The molecule has 4 heteroatoms. The monoisotopic (exact) mass is 840 g/mol. The first-order valence-electron chi connectivity index (χ1n) is 19.8. The fraction of sp³-hybridized carbons (Fsp3) is 0.400. The predicted octanol–water partition coefficient (Wildman–Crippen LogP) is 12.7. The van der Waals surface area contributed by atoms with E-state index >= 15 is 0 Å². The summed E-state index contributed by atoms with van der Waals surface area (Å²) in [5.74, 6) is 0. The van der Waals surface area contributed by atoms with Gasteiger partial charge in [-0.15, -0.1) is 0 Å². The van der Waals surface area contributed by atoms with Crippen LogP contribution in [-0.4, -0.2) is 20.2 Å². The molecule has 0 bridgehead atoms. The third kappa shape index (κ3) is 6.16. The minimum atomic E-state index is -2.62. The van der Waals surface area contributed by atoms with Crippen LogP contribution in [0.5, 0.6) is 0 Å². The SMILES string of the molecule is CC(C)(C)c1ccc(N2c3cc(C(C)(C)C)cc4[c]3[Sb]3[c]5c(cc(C(C)(C)C)cc5N(c5ccc(C(C)(C)C)cc5)c5cc(C(C)(C)C)cc2[c]53)S4)cc1. The van der Waals surface area contributed by atoms with Gasteiger partial charge in [-0.05, 0) is 0 Å². The Balaban J connectivity index is 1.52. The van der Waals surface area contributed by atoms with Gasteiger partial charge in [-0.3, -0.25) is 0 Å². The summed E-state index contributed by atoms with van der Waals surface area (Å²) in [5.41, 5.74) is 15.1. The number of anilines is 6. The second kappa shape index (κ2) is 12.2. The fourth-order valence-electron chi connectivity index (χ4n) is 8.10. The van der Waals surface area contributed by atoms with Gasteiger partial charge < -0.3 is 0 Å². The van der Waals surface area contributed by atoms with E-state index in [9.17, 15) is 0 Å². The molecule has 0 atom stereocenters. The van der Waals surface area contributed by atoms with Crippen molar-refractivity contribution in [3.05, 3.63) is 113 Å². The van der Waals surface area contributed by atoms with Crippen molar-refractivity contribution >= 4 is 76.6 Å². The Kier molecular flexibility index (Phi) is 8.52. The molecule has 0 amide bonds. The van der Waals surface area contributed by atoms with E-state index in [1.54, 1.807) is 10.5 Å². The molecule has 5 aromatic carbocycles. The van der Waals surface area contributed by atoms with Crippen LogP contribution in [0, 0.1) is 0 Å². The molecule has 0 N–H and O–H groups in total. The number of hydrogen-bond acceptors (Lipinski definition) is 3. The van der Waals surface area contributed by atoms with Gasteiger partial charge in [0.05, 0.1) is 0 Å². The quantitative estimate of drug-likeness (QED) is 0.160. The predicted molar refractivity (Wildman–Crippen MR) is 238 cm³/mol. The summed E-state index contributed by atoms with van der Waals surface area (Å²) in [6.45, 7) is 35.3. The topological polar surface area (TPSA) is 6.48 Å². The molecular formula is C50H59N2SSb. The molecule has 0 saturated heterocycles. The molecule has 3 aliphatic heterocycles. The zero-order valence-electron chi connectivity index (χ0n) is 35.3. The van der Waals surface area contributed by atoms with Crippen LogP contribution in [0.3, 0.4) is 0 Å². The van der Waals surface area contributed by atoms with E-state index in [4.69, 9.17) is 0 Å².